The van der Waals surface area contributed by atoms with E-state index in [9.17, 15) is 0 Å². The van der Waals surface area contributed by atoms with Crippen LogP contribution in [-0.2, 0) is 0 Å². The van der Waals surface area contributed by atoms with Crippen LogP contribution in [0.25, 0.3) is 66.5 Å². The Labute approximate surface area is 279 Å². The molecule has 6 aromatic carbocycles. The molecule has 2 nitrogen and oxygen atoms in total. The topological polar surface area (TPSA) is 26.3 Å². The normalized spacial score (nSPS) is 13.1. The summed E-state index contributed by atoms with van der Waals surface area (Å²) in [5.74, 6) is 1.94. The molecule has 0 amide bonds. The fourth-order valence-electron chi connectivity index (χ4n) is 9.04. The summed E-state index contributed by atoms with van der Waals surface area (Å²) < 4.78 is 13.4. The molecular weight excluding hydrogens is 585 g/mol. The molecule has 10 rings (SSSR count). The van der Waals surface area contributed by atoms with Gasteiger partial charge in [0.25, 0.3) is 0 Å². The lowest BCUT2D eigenvalue weighted by molar-refractivity contribution is 0.631. The first-order valence-electron chi connectivity index (χ1n) is 16.8. The highest BCUT2D eigenvalue weighted by Gasteiger charge is 2.32. The van der Waals surface area contributed by atoms with E-state index < -0.39 is 0 Å². The minimum atomic E-state index is 0.930. The van der Waals surface area contributed by atoms with Crippen molar-refractivity contribution < 1.29 is 8.83 Å². The first-order chi connectivity index (χ1) is 23.3. The molecule has 2 heteroatoms. The maximum atomic E-state index is 6.71. The smallest absolute Gasteiger partial charge is 0.143 e. The maximum Gasteiger partial charge on any atom is 0.143 e. The SMILES string of the molecule is Cc1cc(C)c(C2=c3cc4cc5c(cc4cc3-c3oc4ccccc4c32)=C(c2c(C)cc(C)cc2C)c2c-5oc3ccccc23)c(C)c1. The molecule has 0 fully saturated rings. The van der Waals surface area contributed by atoms with Crippen molar-refractivity contribution in [1.82, 2.24) is 0 Å². The molecule has 0 bridgehead atoms. The summed E-state index contributed by atoms with van der Waals surface area (Å²) in [6, 6.07) is 35.7. The summed E-state index contributed by atoms with van der Waals surface area (Å²) in [4.78, 5) is 0. The molecule has 2 aliphatic rings. The summed E-state index contributed by atoms with van der Waals surface area (Å²) in [6.45, 7) is 13.3. The number of furan rings is 2. The van der Waals surface area contributed by atoms with Crippen LogP contribution in [-0.4, -0.2) is 0 Å². The Morgan fingerprint density at radius 2 is 0.771 bits per heavy atom. The van der Waals surface area contributed by atoms with Crippen LogP contribution in [0.3, 0.4) is 0 Å². The van der Waals surface area contributed by atoms with E-state index in [-0.39, 0.29) is 0 Å². The van der Waals surface area contributed by atoms with E-state index in [1.807, 2.05) is 0 Å². The zero-order valence-electron chi connectivity index (χ0n) is 28.1. The van der Waals surface area contributed by atoms with E-state index in [0.29, 0.717) is 0 Å². The average Bonchev–Trinajstić information content (AvgIpc) is 3.76. The lowest BCUT2D eigenvalue weighted by Crippen LogP contribution is -2.11. The molecule has 48 heavy (non-hydrogen) atoms. The van der Waals surface area contributed by atoms with Crippen LogP contribution in [0, 0.1) is 41.5 Å². The van der Waals surface area contributed by atoms with Crippen molar-refractivity contribution in [2.45, 2.75) is 41.5 Å². The standard InChI is InChI=1S/C46H34O2/c1-23-15-25(3)39(26(4)16-23)41-33-19-29-22-36-34(20-30(29)21-35(33)45-43(41)31-11-7-9-13-37(31)47-45)42(40-27(5)17-24(2)18-28(40)6)44-32-12-8-10-14-38(32)48-46(36)44/h7-22H,1-6H3. The van der Waals surface area contributed by atoms with Crippen LogP contribution in [0.1, 0.15) is 55.6 Å². The van der Waals surface area contributed by atoms with Gasteiger partial charge in [-0.1, -0.05) is 71.8 Å². The largest absolute Gasteiger partial charge is 0.455 e. The van der Waals surface area contributed by atoms with Crippen molar-refractivity contribution in [2.75, 3.05) is 0 Å². The van der Waals surface area contributed by atoms with Crippen LogP contribution in [0.15, 0.2) is 106 Å². The van der Waals surface area contributed by atoms with Gasteiger partial charge in [0.2, 0.25) is 0 Å². The number of aryl methyl sites for hydroxylation is 6. The molecule has 0 atom stereocenters. The van der Waals surface area contributed by atoms with Gasteiger partial charge in [0.15, 0.2) is 0 Å². The van der Waals surface area contributed by atoms with Crippen LogP contribution in [0.5, 0.6) is 0 Å². The van der Waals surface area contributed by atoms with E-state index in [4.69, 9.17) is 8.83 Å². The Bertz CT molecular complexity index is 2640. The van der Waals surface area contributed by atoms with Gasteiger partial charge in [-0.2, -0.15) is 0 Å². The molecule has 0 radical (unpaired) electrons. The Morgan fingerprint density at radius 3 is 1.17 bits per heavy atom. The number of benzene rings is 6. The molecule has 0 aliphatic heterocycles. The van der Waals surface area contributed by atoms with Crippen LogP contribution < -0.4 is 10.4 Å². The van der Waals surface area contributed by atoms with Gasteiger partial charge in [0, 0.05) is 44.2 Å². The molecular formula is C46H34O2. The molecule has 0 unspecified atom stereocenters. The summed E-state index contributed by atoms with van der Waals surface area (Å²) >= 11 is 0. The minimum Gasteiger partial charge on any atom is -0.455 e. The van der Waals surface area contributed by atoms with Crippen LogP contribution >= 0.6 is 0 Å². The van der Waals surface area contributed by atoms with Gasteiger partial charge in [-0.15, -0.1) is 0 Å². The number of hydrogen-bond acceptors (Lipinski definition) is 2. The van der Waals surface area contributed by atoms with E-state index in [1.54, 1.807) is 0 Å². The van der Waals surface area contributed by atoms with Crippen molar-refractivity contribution >= 4 is 43.9 Å². The third-order valence-corrected chi connectivity index (χ3v) is 10.7. The Hall–Kier alpha value is -5.60. The summed E-state index contributed by atoms with van der Waals surface area (Å²) in [6.07, 6.45) is 0. The third-order valence-electron chi connectivity index (χ3n) is 10.7. The fraction of sp³-hybridized carbons (Fsp3) is 0.130. The zero-order chi connectivity index (χ0) is 32.6. The Balaban J connectivity index is 1.36. The number of rotatable bonds is 2. The van der Waals surface area contributed by atoms with Crippen molar-refractivity contribution in [3.05, 3.63) is 163 Å². The van der Waals surface area contributed by atoms with Crippen LogP contribution in [0.2, 0.25) is 0 Å². The molecule has 0 saturated carbocycles. The highest BCUT2D eigenvalue weighted by molar-refractivity contribution is 6.11. The molecule has 0 spiro atoms. The predicted octanol–water partition coefficient (Wildman–Crippen LogP) is 10.6. The summed E-state index contributed by atoms with van der Waals surface area (Å²) in [5, 5.41) is 7.19. The van der Waals surface area contributed by atoms with Gasteiger partial charge in [-0.25, -0.2) is 0 Å². The Kier molecular flexibility index (Phi) is 5.44. The number of hydrogen-bond donors (Lipinski definition) is 0. The molecule has 0 N–H and O–H groups in total. The van der Waals surface area contributed by atoms with E-state index in [2.05, 4.69) is 139 Å². The van der Waals surface area contributed by atoms with Crippen molar-refractivity contribution in [2.24, 2.45) is 0 Å². The van der Waals surface area contributed by atoms with Crippen molar-refractivity contribution in [3.8, 4) is 22.6 Å². The van der Waals surface area contributed by atoms with Gasteiger partial charge in [-0.3, -0.25) is 0 Å². The van der Waals surface area contributed by atoms with E-state index in [1.165, 1.54) is 88.0 Å². The predicted molar refractivity (Wildman–Crippen MR) is 198 cm³/mol. The fourth-order valence-corrected chi connectivity index (χ4v) is 9.04. The number of para-hydroxylation sites is 2. The molecule has 8 aromatic rings. The Morgan fingerprint density at radius 1 is 0.396 bits per heavy atom. The second kappa shape index (κ2) is 9.49. The summed E-state index contributed by atoms with van der Waals surface area (Å²) in [5.41, 5.74) is 19.4. The van der Waals surface area contributed by atoms with Gasteiger partial charge >= 0.3 is 0 Å². The maximum absolute atomic E-state index is 6.71. The van der Waals surface area contributed by atoms with Crippen molar-refractivity contribution in [3.63, 3.8) is 0 Å². The highest BCUT2D eigenvalue weighted by atomic mass is 16.3. The van der Waals surface area contributed by atoms with Gasteiger partial charge in [0.05, 0.1) is 0 Å². The highest BCUT2D eigenvalue weighted by Crippen LogP contribution is 2.47. The summed E-state index contributed by atoms with van der Waals surface area (Å²) in [7, 11) is 0. The molecule has 2 aliphatic carbocycles. The number of fused-ring (bicyclic) bond motifs is 11. The zero-order valence-corrected chi connectivity index (χ0v) is 28.1. The first-order valence-corrected chi connectivity index (χ1v) is 16.8. The van der Waals surface area contributed by atoms with E-state index >= 15 is 0 Å². The van der Waals surface area contributed by atoms with Gasteiger partial charge < -0.3 is 8.83 Å². The minimum absolute atomic E-state index is 0.930. The van der Waals surface area contributed by atoms with Crippen molar-refractivity contribution in [1.29, 1.82) is 0 Å². The van der Waals surface area contributed by atoms with Gasteiger partial charge in [0.1, 0.15) is 22.7 Å². The second-order valence-electron chi connectivity index (χ2n) is 14.0. The molecule has 2 heterocycles. The van der Waals surface area contributed by atoms with E-state index in [0.717, 1.165) is 44.6 Å². The first kappa shape index (κ1) is 27.5. The third kappa shape index (κ3) is 3.58. The van der Waals surface area contributed by atoms with Gasteiger partial charge in [-0.05, 0) is 133 Å². The lowest BCUT2D eigenvalue weighted by atomic mass is 9.89. The molecule has 0 saturated heterocycles. The monoisotopic (exact) mass is 618 g/mol. The second-order valence-corrected chi connectivity index (χ2v) is 14.0. The average molecular weight is 619 g/mol. The molecule has 230 valence electrons. The van der Waals surface area contributed by atoms with Crippen LogP contribution in [0.4, 0.5) is 0 Å². The molecule has 2 aromatic heterocycles. The lowest BCUT2D eigenvalue weighted by Gasteiger charge is -2.14. The quantitative estimate of drug-likeness (QED) is 0.193.